The van der Waals surface area contributed by atoms with E-state index in [1.165, 1.54) is 17.2 Å². The highest BCUT2D eigenvalue weighted by molar-refractivity contribution is 7.90. The second-order valence-corrected chi connectivity index (χ2v) is 17.3. The standard InChI is InChI=1S/C37H47ClN4O7S/c1-36(2)34(43)39-50(45,46)28-11-14-33-31(18-28)42(22-37(23-48-33)15-5-7-24-17-26(38)10-13-30(24)37)19-25-9-12-29(25)32(8-6-16-40(36)3)49-35(44)41-20-27(21-41)47-4/h6,8,10-11,13-14,17-18,25,27,29,32H,5,7,9,12,15-16,19-23H2,1-4H3,(H,39,43)/b8-6-/t25-,29+,32-,37-/m0/s1. The van der Waals surface area contributed by atoms with Crippen molar-refractivity contribution in [1.82, 2.24) is 14.5 Å². The van der Waals surface area contributed by atoms with Crippen LogP contribution in [0, 0.1) is 11.8 Å². The third kappa shape index (κ3) is 6.48. The van der Waals surface area contributed by atoms with E-state index in [0.29, 0.717) is 55.8 Å². The second-order valence-electron chi connectivity index (χ2n) is 15.1. The molecule has 7 rings (SSSR count). The van der Waals surface area contributed by atoms with Crippen LogP contribution in [0.5, 0.6) is 5.75 Å². The van der Waals surface area contributed by atoms with Crippen LogP contribution in [0.2, 0.25) is 5.02 Å². The number of halogens is 1. The van der Waals surface area contributed by atoms with Gasteiger partial charge in [0.25, 0.3) is 15.9 Å². The highest BCUT2D eigenvalue weighted by Gasteiger charge is 2.46. The number of carbonyl (C=O) groups excluding carboxylic acids is 2. The third-order valence-electron chi connectivity index (χ3n) is 11.8. The molecule has 50 heavy (non-hydrogen) atoms. The molecule has 13 heteroatoms. The fourth-order valence-electron chi connectivity index (χ4n) is 8.06. The number of nitrogens with one attached hydrogen (secondary N) is 1. The summed E-state index contributed by atoms with van der Waals surface area (Å²) in [5.41, 5.74) is 1.58. The van der Waals surface area contributed by atoms with Crippen molar-refractivity contribution in [2.24, 2.45) is 11.8 Å². The molecule has 1 N–H and O–H groups in total. The average Bonchev–Trinajstić information content (AvgIpc) is 3.18. The van der Waals surface area contributed by atoms with Crippen LogP contribution >= 0.6 is 11.6 Å². The summed E-state index contributed by atoms with van der Waals surface area (Å²) in [6.45, 7) is 6.37. The summed E-state index contributed by atoms with van der Waals surface area (Å²) in [7, 11) is -0.799. The van der Waals surface area contributed by atoms with Gasteiger partial charge < -0.3 is 24.0 Å². The van der Waals surface area contributed by atoms with Crippen LogP contribution in [-0.2, 0) is 36.1 Å². The smallest absolute Gasteiger partial charge is 0.410 e. The number of anilines is 1. The fourth-order valence-corrected chi connectivity index (χ4v) is 9.38. The first-order valence-corrected chi connectivity index (χ1v) is 19.4. The molecule has 1 saturated heterocycles. The molecule has 1 saturated carbocycles. The van der Waals surface area contributed by atoms with E-state index in [1.807, 2.05) is 18.2 Å². The SMILES string of the molecule is COC1CN(C(=O)O[C@H]2/C=C\CN(C)C(C)(C)C(=O)NS(=O)(=O)c3ccc4c(c3)N(C[C@@H]3CC[C@H]32)C[C@@]2(CCCc3cc(Cl)ccc32)CO4)C1. The molecule has 3 aliphatic heterocycles. The van der Waals surface area contributed by atoms with E-state index in [4.69, 9.17) is 25.8 Å². The zero-order valence-electron chi connectivity index (χ0n) is 29.2. The van der Waals surface area contributed by atoms with E-state index < -0.39 is 27.6 Å². The Labute approximate surface area is 299 Å². The lowest BCUT2D eigenvalue weighted by Crippen LogP contribution is -2.56. The number of amides is 2. The number of fused-ring (bicyclic) bond motifs is 4. The van der Waals surface area contributed by atoms with Crippen molar-refractivity contribution in [2.45, 2.75) is 74.0 Å². The van der Waals surface area contributed by atoms with Crippen molar-refractivity contribution in [2.75, 3.05) is 58.4 Å². The number of methoxy groups -OCH3 is 1. The largest absolute Gasteiger partial charge is 0.490 e. The van der Waals surface area contributed by atoms with Crippen LogP contribution in [0.25, 0.3) is 0 Å². The quantitative estimate of drug-likeness (QED) is 0.438. The van der Waals surface area contributed by atoms with Gasteiger partial charge in [0.2, 0.25) is 0 Å². The number of benzene rings is 2. The third-order valence-corrected chi connectivity index (χ3v) is 13.4. The number of ether oxygens (including phenoxy) is 3. The molecule has 4 atom stereocenters. The normalized spacial score (nSPS) is 30.0. The second kappa shape index (κ2) is 13.3. The molecule has 3 heterocycles. The molecule has 11 nitrogen and oxygen atoms in total. The van der Waals surface area contributed by atoms with Gasteiger partial charge in [0.1, 0.15) is 11.9 Å². The predicted octanol–water partition coefficient (Wildman–Crippen LogP) is 4.76. The topological polar surface area (TPSA) is 118 Å². The van der Waals surface area contributed by atoms with Crippen LogP contribution in [0.3, 0.4) is 0 Å². The van der Waals surface area contributed by atoms with Crippen molar-refractivity contribution in [3.05, 3.63) is 64.7 Å². The summed E-state index contributed by atoms with van der Waals surface area (Å²) in [5, 5.41) is 0.705. The van der Waals surface area contributed by atoms with Crippen LogP contribution in [0.15, 0.2) is 53.4 Å². The molecule has 2 fully saturated rings. The van der Waals surface area contributed by atoms with Gasteiger partial charge in [-0.1, -0.05) is 23.7 Å². The Kier molecular flexibility index (Phi) is 9.36. The molecule has 2 amide bonds. The lowest BCUT2D eigenvalue weighted by Gasteiger charge is -2.46. The number of hydrogen-bond donors (Lipinski definition) is 1. The predicted molar refractivity (Wildman–Crippen MR) is 190 cm³/mol. The summed E-state index contributed by atoms with van der Waals surface area (Å²) < 4.78 is 48.0. The van der Waals surface area contributed by atoms with Gasteiger partial charge in [-0.05, 0) is 106 Å². The Hall–Kier alpha value is -3.32. The van der Waals surface area contributed by atoms with E-state index >= 15 is 0 Å². The number of aryl methyl sites for hydroxylation is 1. The lowest BCUT2D eigenvalue weighted by atomic mass is 9.68. The molecule has 0 radical (unpaired) electrons. The number of hydrogen-bond acceptors (Lipinski definition) is 9. The minimum Gasteiger partial charge on any atom is -0.490 e. The zero-order chi connectivity index (χ0) is 35.4. The monoisotopic (exact) mass is 726 g/mol. The highest BCUT2D eigenvalue weighted by atomic mass is 35.5. The van der Waals surface area contributed by atoms with E-state index in [0.717, 1.165) is 32.1 Å². The number of nitrogens with zero attached hydrogens (tertiary/aromatic N) is 3. The summed E-state index contributed by atoms with van der Waals surface area (Å²) in [4.78, 5) is 32.5. The van der Waals surface area contributed by atoms with Crippen molar-refractivity contribution >= 4 is 39.3 Å². The minimum absolute atomic E-state index is 0.00343. The lowest BCUT2D eigenvalue weighted by molar-refractivity contribution is -0.128. The average molecular weight is 727 g/mol. The number of carbonyl (C=O) groups is 2. The molecular formula is C37H47ClN4O7S. The van der Waals surface area contributed by atoms with Gasteiger partial charge in [-0.25, -0.2) is 17.9 Å². The Morgan fingerprint density at radius 3 is 2.64 bits per heavy atom. The van der Waals surface area contributed by atoms with E-state index in [1.54, 1.807) is 49.9 Å². The summed E-state index contributed by atoms with van der Waals surface area (Å²) >= 11 is 6.44. The zero-order valence-corrected chi connectivity index (χ0v) is 30.8. The Morgan fingerprint density at radius 2 is 1.90 bits per heavy atom. The van der Waals surface area contributed by atoms with Crippen molar-refractivity contribution < 1.29 is 32.2 Å². The molecule has 0 unspecified atom stereocenters. The molecule has 5 aliphatic rings. The highest BCUT2D eigenvalue weighted by Crippen LogP contribution is 2.47. The van der Waals surface area contributed by atoms with Gasteiger partial charge in [0, 0.05) is 43.1 Å². The first-order valence-electron chi connectivity index (χ1n) is 17.5. The molecule has 1 spiro atoms. The maximum absolute atomic E-state index is 13.8. The molecule has 270 valence electrons. The molecule has 2 bridgehead atoms. The van der Waals surface area contributed by atoms with Gasteiger partial charge in [-0.15, -0.1) is 0 Å². The summed E-state index contributed by atoms with van der Waals surface area (Å²) in [6.07, 6.45) is 7.68. The van der Waals surface area contributed by atoms with Crippen LogP contribution in [0.1, 0.15) is 50.7 Å². The van der Waals surface area contributed by atoms with Gasteiger partial charge in [-0.2, -0.15) is 0 Å². The fraction of sp³-hybridized carbons (Fsp3) is 0.568. The van der Waals surface area contributed by atoms with Gasteiger partial charge in [0.05, 0.1) is 41.9 Å². The molecular weight excluding hydrogens is 680 g/mol. The number of likely N-dealkylation sites (tertiary alicyclic amines) is 1. The van der Waals surface area contributed by atoms with Crippen LogP contribution in [-0.4, -0.2) is 101 Å². The van der Waals surface area contributed by atoms with E-state index in [2.05, 4.69) is 21.8 Å². The minimum atomic E-state index is -4.21. The first kappa shape index (κ1) is 35.1. The van der Waals surface area contributed by atoms with Gasteiger partial charge in [-0.3, -0.25) is 9.69 Å². The van der Waals surface area contributed by atoms with Gasteiger partial charge >= 0.3 is 6.09 Å². The molecule has 2 aromatic rings. The number of likely N-dealkylation sites (N-methyl/N-ethyl adjacent to an activating group) is 1. The maximum atomic E-state index is 13.8. The number of sulfonamides is 1. The Bertz CT molecular complexity index is 1800. The van der Waals surface area contributed by atoms with Crippen LogP contribution < -0.4 is 14.4 Å². The van der Waals surface area contributed by atoms with Crippen molar-refractivity contribution in [3.8, 4) is 5.75 Å². The molecule has 2 aliphatic carbocycles. The number of rotatable bonds is 2. The van der Waals surface area contributed by atoms with E-state index in [-0.39, 0.29) is 34.3 Å². The maximum Gasteiger partial charge on any atom is 0.410 e. The summed E-state index contributed by atoms with van der Waals surface area (Å²) in [6, 6.07) is 11.0. The van der Waals surface area contributed by atoms with Crippen molar-refractivity contribution in [3.63, 3.8) is 0 Å². The van der Waals surface area contributed by atoms with Crippen LogP contribution in [0.4, 0.5) is 10.5 Å². The van der Waals surface area contributed by atoms with Gasteiger partial charge in [0.15, 0.2) is 0 Å². The van der Waals surface area contributed by atoms with Crippen molar-refractivity contribution in [1.29, 1.82) is 0 Å². The Morgan fingerprint density at radius 1 is 1.10 bits per heavy atom. The first-order chi connectivity index (χ1) is 23.8. The Balaban J connectivity index is 1.28. The summed E-state index contributed by atoms with van der Waals surface area (Å²) in [5.74, 6) is 0.169. The van der Waals surface area contributed by atoms with E-state index in [9.17, 15) is 18.0 Å². The molecule has 0 aromatic heterocycles. The molecule has 2 aromatic carbocycles.